The fourth-order valence-corrected chi connectivity index (χ4v) is 11.8. The van der Waals surface area contributed by atoms with Crippen molar-refractivity contribution in [3.63, 3.8) is 0 Å². The lowest BCUT2D eigenvalue weighted by Gasteiger charge is -2.26. The highest BCUT2D eigenvalue weighted by Crippen LogP contribution is 2.49. The molecule has 2 saturated carbocycles. The van der Waals surface area contributed by atoms with E-state index in [1.807, 2.05) is 67.0 Å². The zero-order chi connectivity index (χ0) is 61.5. The maximum Gasteiger partial charge on any atom is 0.422 e. The zero-order valence-corrected chi connectivity index (χ0v) is 49.4. The number of likely N-dealkylation sites (tertiary alicyclic amines) is 3. The molecule has 4 aromatic carbocycles. The summed E-state index contributed by atoms with van der Waals surface area (Å²) in [4.78, 5) is 69.8. The van der Waals surface area contributed by atoms with Crippen molar-refractivity contribution in [1.82, 2.24) is 49.9 Å². The summed E-state index contributed by atoms with van der Waals surface area (Å²) in [5.74, 6) is 2.03. The van der Waals surface area contributed by atoms with E-state index in [0.29, 0.717) is 59.2 Å². The van der Waals surface area contributed by atoms with Crippen LogP contribution in [-0.2, 0) is 28.7 Å². The summed E-state index contributed by atoms with van der Waals surface area (Å²) in [5.41, 5.74) is 3.16. The van der Waals surface area contributed by atoms with E-state index in [2.05, 4.69) is 45.9 Å². The summed E-state index contributed by atoms with van der Waals surface area (Å²) in [7, 11) is 0. The Balaban J connectivity index is 0.000000182. The lowest BCUT2D eigenvalue weighted by molar-refractivity contribution is -0.155. The van der Waals surface area contributed by atoms with Gasteiger partial charge in [0, 0.05) is 98.2 Å². The van der Waals surface area contributed by atoms with Crippen LogP contribution < -0.4 is 25.4 Å². The van der Waals surface area contributed by atoms with E-state index in [-0.39, 0.29) is 66.1 Å². The predicted molar refractivity (Wildman–Crippen MR) is 310 cm³/mol. The molecule has 460 valence electrons. The molecule has 4 saturated heterocycles. The highest BCUT2D eigenvalue weighted by Gasteiger charge is 2.48. The van der Waals surface area contributed by atoms with Gasteiger partial charge in [-0.05, 0) is 129 Å². The number of halogens is 8. The molecule has 26 heteroatoms. The number of aromatic nitrogens is 6. The number of ether oxygens (including phenoxy) is 3. The number of benzene rings is 4. The Hall–Kier alpha value is -7.57. The molecular formula is C61H64Cl2F6N12O6. The molecule has 3 amide bonds. The van der Waals surface area contributed by atoms with Crippen molar-refractivity contribution < 1.29 is 54.9 Å². The number of alkyl halides is 6. The van der Waals surface area contributed by atoms with Crippen molar-refractivity contribution in [2.75, 3.05) is 76.2 Å². The monoisotopic (exact) mass is 1240 g/mol. The van der Waals surface area contributed by atoms with Crippen LogP contribution in [0.1, 0.15) is 101 Å². The van der Waals surface area contributed by atoms with E-state index in [4.69, 9.17) is 37.4 Å². The number of rotatable bonds is 16. The number of fused-ring (bicyclic) bond motifs is 2. The molecule has 6 aromatic rings. The first kappa shape index (κ1) is 61.1. The van der Waals surface area contributed by atoms with Gasteiger partial charge in [0.25, 0.3) is 11.8 Å². The van der Waals surface area contributed by atoms with Crippen molar-refractivity contribution in [3.05, 3.63) is 152 Å². The van der Waals surface area contributed by atoms with Crippen molar-refractivity contribution >= 4 is 53.0 Å². The number of carbonyl (C=O) groups is 3. The van der Waals surface area contributed by atoms with Gasteiger partial charge in [0.1, 0.15) is 17.2 Å². The van der Waals surface area contributed by atoms with Crippen LogP contribution >= 0.6 is 23.2 Å². The number of amides is 3. The molecule has 6 heterocycles. The van der Waals surface area contributed by atoms with Crippen LogP contribution in [0.25, 0.3) is 0 Å². The molecule has 3 N–H and O–H groups in total. The summed E-state index contributed by atoms with van der Waals surface area (Å²) < 4.78 is 92.6. The van der Waals surface area contributed by atoms with Crippen molar-refractivity contribution in [2.45, 2.75) is 88.3 Å². The van der Waals surface area contributed by atoms with E-state index in [1.165, 1.54) is 0 Å². The smallest absolute Gasteiger partial charge is 0.422 e. The molecule has 18 nitrogen and oxygen atoms in total. The standard InChI is InChI=1S/C33H36ClF3N6O4.C28H28ClF3N6O2/c1-31(2,3)47-30(45)43-17-22-15-42(16-23(22)18-43)27(44)21-6-4-20(5-7-21)14-26-38-28(40-29(39-26)46-19-33(35,36)37)41-32(12-13-32)24-8-10-25(34)11-9-24;29-22-7-5-21(6-8-22)27(9-10-27)37-25-34-23(35-26(36-25)40-16-28(30,31)32)11-17-1-3-18(4-2-17)24(39)38-14-19-12-33-13-20(19)15-38/h4-11,22-23H,12-19H2,1-3H3,(H,38,39,40,41);1-8,19-20,33H,9-16H2,(H,34,35,36,37). The van der Waals surface area contributed by atoms with Gasteiger partial charge in [0.2, 0.25) is 11.9 Å². The number of hydrogen-bond acceptors (Lipinski definition) is 15. The van der Waals surface area contributed by atoms with Crippen LogP contribution in [-0.4, -0.2) is 146 Å². The topological polar surface area (TPSA) is 202 Å². The molecule has 87 heavy (non-hydrogen) atoms. The number of carbonyl (C=O) groups excluding carboxylic acids is 3. The van der Waals surface area contributed by atoms with Gasteiger partial charge in [-0.25, -0.2) is 4.79 Å². The first-order valence-corrected chi connectivity index (χ1v) is 29.5. The zero-order valence-electron chi connectivity index (χ0n) is 47.9. The third kappa shape index (κ3) is 15.6. The number of nitrogens with zero attached hydrogens (tertiary/aromatic N) is 9. The Kier molecular flexibility index (Phi) is 17.2. The summed E-state index contributed by atoms with van der Waals surface area (Å²) in [6.45, 7) is 8.12. The van der Waals surface area contributed by atoms with Gasteiger partial charge in [-0.1, -0.05) is 71.7 Å². The van der Waals surface area contributed by atoms with Crippen LogP contribution in [0.2, 0.25) is 10.0 Å². The van der Waals surface area contributed by atoms with Crippen LogP contribution in [0, 0.1) is 23.7 Å². The SMILES string of the molecule is CC(C)(C)OC(=O)N1CC2CN(C(=O)c3ccc(Cc4nc(NC5(c6ccc(Cl)cc6)CC5)nc(OCC(F)(F)F)n4)cc3)CC2C1.O=C(c1ccc(Cc2nc(NC3(c4ccc(Cl)cc4)CC3)nc(OCC(F)(F)F)n2)cc1)N1CC2CNCC2C1. The second kappa shape index (κ2) is 24.5. The fourth-order valence-electron chi connectivity index (χ4n) is 11.6. The molecular weight excluding hydrogens is 1180 g/mol. The van der Waals surface area contributed by atoms with Gasteiger partial charge in [-0.3, -0.25) is 9.59 Å². The van der Waals surface area contributed by atoms with Gasteiger partial charge in [-0.15, -0.1) is 0 Å². The minimum atomic E-state index is -4.56. The van der Waals surface area contributed by atoms with Crippen LogP contribution in [0.5, 0.6) is 12.0 Å². The minimum absolute atomic E-state index is 0.00682. The maximum atomic E-state index is 13.3. The molecule has 12 rings (SSSR count). The first-order valence-electron chi connectivity index (χ1n) is 28.7. The maximum absolute atomic E-state index is 13.3. The van der Waals surface area contributed by atoms with Gasteiger partial charge in [0.05, 0.1) is 11.1 Å². The van der Waals surface area contributed by atoms with Gasteiger partial charge in [0.15, 0.2) is 13.2 Å². The molecule has 4 unspecified atom stereocenters. The largest absolute Gasteiger partial charge is 0.454 e. The predicted octanol–water partition coefficient (Wildman–Crippen LogP) is 10.5. The Morgan fingerprint density at radius 1 is 0.529 bits per heavy atom. The Morgan fingerprint density at radius 2 is 0.897 bits per heavy atom. The molecule has 0 radical (unpaired) electrons. The number of anilines is 2. The van der Waals surface area contributed by atoms with Gasteiger partial charge in [-0.2, -0.15) is 56.2 Å². The van der Waals surface area contributed by atoms with Crippen molar-refractivity contribution in [3.8, 4) is 12.0 Å². The summed E-state index contributed by atoms with van der Waals surface area (Å²) in [6, 6.07) is 28.0. The fraction of sp³-hybridized carbons (Fsp3) is 0.459. The van der Waals surface area contributed by atoms with Crippen LogP contribution in [0.15, 0.2) is 97.1 Å². The van der Waals surface area contributed by atoms with Crippen molar-refractivity contribution in [1.29, 1.82) is 0 Å². The van der Waals surface area contributed by atoms with E-state index < -0.39 is 54.3 Å². The third-order valence-electron chi connectivity index (χ3n) is 16.3. The van der Waals surface area contributed by atoms with E-state index in [9.17, 15) is 40.7 Å². The molecule has 4 atom stereocenters. The second-order valence-electron chi connectivity index (χ2n) is 24.2. The number of hydrogen-bond donors (Lipinski definition) is 3. The van der Waals surface area contributed by atoms with E-state index in [0.717, 1.165) is 74.1 Å². The second-order valence-corrected chi connectivity index (χ2v) is 25.1. The Bertz CT molecular complexity index is 3440. The van der Waals surface area contributed by atoms with Gasteiger partial charge >= 0.3 is 30.5 Å². The third-order valence-corrected chi connectivity index (χ3v) is 16.8. The molecule has 0 bridgehead atoms. The highest BCUT2D eigenvalue weighted by atomic mass is 35.5. The summed E-state index contributed by atoms with van der Waals surface area (Å²) in [6.07, 6.45) is -5.84. The average molecular weight is 1250 g/mol. The van der Waals surface area contributed by atoms with Gasteiger partial charge < -0.3 is 44.9 Å². The highest BCUT2D eigenvalue weighted by molar-refractivity contribution is 6.30. The normalized spacial score (nSPS) is 20.7. The lowest BCUT2D eigenvalue weighted by atomic mass is 10.0. The molecule has 4 aliphatic heterocycles. The van der Waals surface area contributed by atoms with E-state index >= 15 is 0 Å². The van der Waals surface area contributed by atoms with E-state index in [1.54, 1.807) is 65.6 Å². The molecule has 2 aromatic heterocycles. The molecule has 6 fully saturated rings. The molecule has 6 aliphatic rings. The lowest BCUT2D eigenvalue weighted by Crippen LogP contribution is -2.38. The summed E-state index contributed by atoms with van der Waals surface area (Å²) >= 11 is 12.1. The average Bonchev–Trinajstić information content (AvgIpc) is 3.14. The number of nitrogens with one attached hydrogen (secondary N) is 3. The Morgan fingerprint density at radius 3 is 1.25 bits per heavy atom. The summed E-state index contributed by atoms with van der Waals surface area (Å²) in [5, 5.41) is 11.1. The molecule has 0 spiro atoms. The Labute approximate surface area is 508 Å². The first-order chi connectivity index (χ1) is 41.3. The van der Waals surface area contributed by atoms with Crippen molar-refractivity contribution in [2.24, 2.45) is 23.7 Å². The molecule has 2 aliphatic carbocycles. The van der Waals surface area contributed by atoms with Crippen LogP contribution in [0.3, 0.4) is 0 Å². The quantitative estimate of drug-likeness (QED) is 0.0772. The minimum Gasteiger partial charge on any atom is -0.454 e. The van der Waals surface area contributed by atoms with Crippen LogP contribution in [0.4, 0.5) is 43.0 Å².